The third-order valence-corrected chi connectivity index (χ3v) is 6.17. The number of allylic oxidation sites excluding steroid dienone is 1. The van der Waals surface area contributed by atoms with Gasteiger partial charge in [0.2, 0.25) is 15.9 Å². The van der Waals surface area contributed by atoms with Gasteiger partial charge in [0.15, 0.2) is 11.0 Å². The largest absolute Gasteiger partial charge is 0.325 e. The van der Waals surface area contributed by atoms with Gasteiger partial charge in [0.05, 0.1) is 15.7 Å². The van der Waals surface area contributed by atoms with Crippen LogP contribution in [0, 0.1) is 0 Å². The zero-order valence-electron chi connectivity index (χ0n) is 15.7. The Morgan fingerprint density at radius 1 is 1.20 bits per heavy atom. The number of benzene rings is 2. The van der Waals surface area contributed by atoms with Crippen molar-refractivity contribution in [3.8, 4) is 11.4 Å². The van der Waals surface area contributed by atoms with Gasteiger partial charge >= 0.3 is 0 Å². The van der Waals surface area contributed by atoms with Crippen molar-refractivity contribution in [3.63, 3.8) is 0 Å². The summed E-state index contributed by atoms with van der Waals surface area (Å²) in [5.74, 6) is 0.382. The highest BCUT2D eigenvalue weighted by molar-refractivity contribution is 7.99. The monoisotopic (exact) mass is 463 g/mol. The van der Waals surface area contributed by atoms with Crippen LogP contribution in [0.15, 0.2) is 71.2 Å². The lowest BCUT2D eigenvalue weighted by molar-refractivity contribution is -0.113. The van der Waals surface area contributed by atoms with Crippen LogP contribution in [0.25, 0.3) is 11.4 Å². The van der Waals surface area contributed by atoms with Gasteiger partial charge in [-0.05, 0) is 36.4 Å². The van der Waals surface area contributed by atoms with E-state index in [2.05, 4.69) is 22.1 Å². The third-order valence-electron chi connectivity index (χ3n) is 3.94. The van der Waals surface area contributed by atoms with Gasteiger partial charge in [0.25, 0.3) is 0 Å². The lowest BCUT2D eigenvalue weighted by Crippen LogP contribution is -2.15. The molecule has 11 heteroatoms. The average Bonchev–Trinajstić information content (AvgIpc) is 3.09. The first-order chi connectivity index (χ1) is 14.3. The maximum absolute atomic E-state index is 12.3. The van der Waals surface area contributed by atoms with E-state index in [-0.39, 0.29) is 16.6 Å². The number of nitrogens with zero attached hydrogens (tertiary/aromatic N) is 3. The van der Waals surface area contributed by atoms with E-state index in [1.807, 2.05) is 22.8 Å². The van der Waals surface area contributed by atoms with Crippen molar-refractivity contribution in [2.45, 2.75) is 16.6 Å². The predicted octanol–water partition coefficient (Wildman–Crippen LogP) is 3.16. The second kappa shape index (κ2) is 9.43. The first-order valence-corrected chi connectivity index (χ1v) is 11.5. The van der Waals surface area contributed by atoms with Crippen LogP contribution < -0.4 is 10.5 Å². The topological polar surface area (TPSA) is 120 Å². The third kappa shape index (κ3) is 5.28. The number of halogens is 1. The van der Waals surface area contributed by atoms with E-state index in [0.29, 0.717) is 28.2 Å². The number of carbonyl (C=O) groups excluding carboxylic acids is 1. The van der Waals surface area contributed by atoms with Gasteiger partial charge in [-0.25, -0.2) is 13.6 Å². The number of carbonyl (C=O) groups is 1. The molecule has 8 nitrogen and oxygen atoms in total. The van der Waals surface area contributed by atoms with E-state index in [4.69, 9.17) is 16.7 Å². The quantitative estimate of drug-likeness (QED) is 0.391. The van der Waals surface area contributed by atoms with E-state index in [9.17, 15) is 13.2 Å². The molecule has 0 radical (unpaired) electrons. The molecule has 0 saturated heterocycles. The van der Waals surface area contributed by atoms with Crippen LogP contribution in [0.5, 0.6) is 0 Å². The first-order valence-electron chi connectivity index (χ1n) is 8.64. The summed E-state index contributed by atoms with van der Waals surface area (Å²) >= 11 is 7.49. The Kier molecular flexibility index (Phi) is 6.93. The predicted molar refractivity (Wildman–Crippen MR) is 118 cm³/mol. The van der Waals surface area contributed by atoms with Crippen LogP contribution in [-0.4, -0.2) is 34.8 Å². The molecule has 1 amide bonds. The van der Waals surface area contributed by atoms with Crippen LogP contribution in [0.2, 0.25) is 5.02 Å². The zero-order chi connectivity index (χ0) is 21.7. The minimum atomic E-state index is -3.78. The summed E-state index contributed by atoms with van der Waals surface area (Å²) in [6, 6.07) is 12.9. The molecule has 1 aromatic heterocycles. The lowest BCUT2D eigenvalue weighted by Gasteiger charge is -2.09. The molecule has 0 saturated carbocycles. The molecular weight excluding hydrogens is 446 g/mol. The summed E-state index contributed by atoms with van der Waals surface area (Å²) in [6.45, 7) is 4.21. The van der Waals surface area contributed by atoms with Gasteiger partial charge in [0, 0.05) is 17.8 Å². The van der Waals surface area contributed by atoms with Crippen molar-refractivity contribution in [1.82, 2.24) is 14.8 Å². The molecule has 3 aromatic rings. The SMILES string of the molecule is C=CCn1c(SCC(=O)Nc2ccc(S(N)(=O)=O)cc2)nnc1-c1ccccc1Cl. The zero-order valence-corrected chi connectivity index (χ0v) is 18.0. The highest BCUT2D eigenvalue weighted by Gasteiger charge is 2.17. The second-order valence-electron chi connectivity index (χ2n) is 6.09. The van der Waals surface area contributed by atoms with E-state index in [1.54, 1.807) is 12.1 Å². The highest BCUT2D eigenvalue weighted by Crippen LogP contribution is 2.29. The molecule has 0 spiro atoms. The van der Waals surface area contributed by atoms with Crippen molar-refractivity contribution in [1.29, 1.82) is 0 Å². The number of amides is 1. The lowest BCUT2D eigenvalue weighted by atomic mass is 10.2. The molecule has 0 atom stereocenters. The summed E-state index contributed by atoms with van der Waals surface area (Å²) in [5, 5.41) is 17.3. The van der Waals surface area contributed by atoms with Gasteiger partial charge in [-0.2, -0.15) is 0 Å². The van der Waals surface area contributed by atoms with Gasteiger partial charge in [-0.15, -0.1) is 16.8 Å². The molecule has 1 heterocycles. The maximum Gasteiger partial charge on any atom is 0.238 e. The molecule has 0 aliphatic rings. The molecule has 0 aliphatic carbocycles. The maximum atomic E-state index is 12.3. The Bertz CT molecular complexity index is 1180. The molecule has 0 fully saturated rings. The number of anilines is 1. The second-order valence-corrected chi connectivity index (χ2v) is 9.00. The van der Waals surface area contributed by atoms with Gasteiger partial charge in [-0.1, -0.05) is 41.6 Å². The Labute approximate surface area is 183 Å². The normalized spacial score (nSPS) is 11.3. The highest BCUT2D eigenvalue weighted by atomic mass is 35.5. The summed E-state index contributed by atoms with van der Waals surface area (Å²) in [4.78, 5) is 12.3. The van der Waals surface area contributed by atoms with Gasteiger partial charge < -0.3 is 5.32 Å². The number of primary sulfonamides is 1. The molecule has 0 unspecified atom stereocenters. The van der Waals surface area contributed by atoms with Gasteiger partial charge in [-0.3, -0.25) is 9.36 Å². The van der Waals surface area contributed by atoms with E-state index in [0.717, 1.165) is 5.56 Å². The van der Waals surface area contributed by atoms with Crippen molar-refractivity contribution < 1.29 is 13.2 Å². The number of aromatic nitrogens is 3. The number of thioether (sulfide) groups is 1. The Hall–Kier alpha value is -2.66. The van der Waals surface area contributed by atoms with Gasteiger partial charge in [0.1, 0.15) is 0 Å². The molecule has 156 valence electrons. The summed E-state index contributed by atoms with van der Waals surface area (Å²) in [6.07, 6.45) is 1.71. The fourth-order valence-corrected chi connectivity index (χ4v) is 4.07. The summed E-state index contributed by atoms with van der Waals surface area (Å²) in [5.41, 5.74) is 1.19. The molecule has 0 bridgehead atoms. The molecule has 3 N–H and O–H groups in total. The van der Waals surface area contributed by atoms with Crippen LogP contribution in [0.1, 0.15) is 0 Å². The first kappa shape index (κ1) is 22.0. The number of nitrogens with two attached hydrogens (primary N) is 1. The Morgan fingerprint density at radius 2 is 1.90 bits per heavy atom. The smallest absolute Gasteiger partial charge is 0.238 e. The van der Waals surface area contributed by atoms with E-state index in [1.165, 1.54) is 36.0 Å². The van der Waals surface area contributed by atoms with Crippen LogP contribution in [-0.2, 0) is 21.4 Å². The Morgan fingerprint density at radius 3 is 2.53 bits per heavy atom. The van der Waals surface area contributed by atoms with E-state index < -0.39 is 10.0 Å². The molecule has 2 aromatic carbocycles. The summed E-state index contributed by atoms with van der Waals surface area (Å²) < 4.78 is 24.4. The van der Waals surface area contributed by atoms with E-state index >= 15 is 0 Å². The fourth-order valence-electron chi connectivity index (χ4n) is 2.59. The number of sulfonamides is 1. The summed E-state index contributed by atoms with van der Waals surface area (Å²) in [7, 11) is -3.78. The molecule has 3 rings (SSSR count). The minimum Gasteiger partial charge on any atom is -0.325 e. The standard InChI is InChI=1S/C19H18ClN5O3S2/c1-2-11-25-18(15-5-3-4-6-16(15)20)23-24-19(25)29-12-17(26)22-13-7-9-14(10-8-13)30(21,27)28/h2-10H,1,11-12H2,(H,22,26)(H2,21,27,28). The van der Waals surface area contributed by atoms with Crippen LogP contribution >= 0.6 is 23.4 Å². The van der Waals surface area contributed by atoms with Crippen molar-refractivity contribution in [3.05, 3.63) is 66.2 Å². The minimum absolute atomic E-state index is 0.0282. The van der Waals surface area contributed by atoms with Crippen molar-refractivity contribution in [2.24, 2.45) is 5.14 Å². The van der Waals surface area contributed by atoms with Crippen LogP contribution in [0.4, 0.5) is 5.69 Å². The molecular formula is C19H18ClN5O3S2. The van der Waals surface area contributed by atoms with Crippen LogP contribution in [0.3, 0.4) is 0 Å². The number of rotatable bonds is 8. The van der Waals surface area contributed by atoms with Crippen molar-refractivity contribution in [2.75, 3.05) is 11.1 Å². The number of hydrogen-bond donors (Lipinski definition) is 2. The number of hydrogen-bond acceptors (Lipinski definition) is 6. The molecule has 0 aliphatic heterocycles. The van der Waals surface area contributed by atoms with Crippen molar-refractivity contribution >= 4 is 45.0 Å². The number of nitrogens with one attached hydrogen (secondary N) is 1. The Balaban J connectivity index is 1.70. The molecule has 30 heavy (non-hydrogen) atoms. The average molecular weight is 464 g/mol. The fraction of sp³-hybridized carbons (Fsp3) is 0.105.